The van der Waals surface area contributed by atoms with Crippen LogP contribution in [-0.2, 0) is 0 Å². The molecule has 0 aliphatic carbocycles. The minimum absolute atomic E-state index is 0.0195. The van der Waals surface area contributed by atoms with E-state index in [1.165, 1.54) is 24.7 Å². The van der Waals surface area contributed by atoms with Gasteiger partial charge in [0.15, 0.2) is 5.78 Å². The summed E-state index contributed by atoms with van der Waals surface area (Å²) in [6.07, 6.45) is 3.35. The number of amides is 1. The molecule has 0 aromatic carbocycles. The molecule has 2 rings (SSSR count). The van der Waals surface area contributed by atoms with Gasteiger partial charge < -0.3 is 10.2 Å². The molecule has 1 saturated heterocycles. The van der Waals surface area contributed by atoms with Gasteiger partial charge in [-0.2, -0.15) is 0 Å². The summed E-state index contributed by atoms with van der Waals surface area (Å²) in [5.41, 5.74) is 0.641. The molecule has 0 bridgehead atoms. The quantitative estimate of drug-likeness (QED) is 0.848. The van der Waals surface area contributed by atoms with E-state index in [2.05, 4.69) is 5.32 Å². The van der Waals surface area contributed by atoms with Crippen molar-refractivity contribution in [2.75, 3.05) is 26.7 Å². The summed E-state index contributed by atoms with van der Waals surface area (Å²) in [4.78, 5) is 26.3. The number of carbonyl (C=O) groups is 2. The Morgan fingerprint density at radius 3 is 2.65 bits per heavy atom. The zero-order valence-corrected chi connectivity index (χ0v) is 13.0. The first-order chi connectivity index (χ1) is 9.61. The normalized spacial score (nSPS) is 16.4. The Bertz CT molecular complexity index is 476. The van der Waals surface area contributed by atoms with Crippen LogP contribution in [0.2, 0.25) is 0 Å². The van der Waals surface area contributed by atoms with Gasteiger partial charge in [0.05, 0.1) is 4.88 Å². The predicted molar refractivity (Wildman–Crippen MR) is 81.5 cm³/mol. The number of likely N-dealkylation sites (tertiary alicyclic amines) is 1. The Labute approximate surface area is 124 Å². The second-order valence-corrected chi connectivity index (χ2v) is 6.29. The van der Waals surface area contributed by atoms with Crippen LogP contribution in [0.4, 0.5) is 0 Å². The number of thiophene rings is 1. The third-order valence-electron chi connectivity index (χ3n) is 3.92. The van der Waals surface area contributed by atoms with Gasteiger partial charge in [-0.05, 0) is 51.8 Å². The first-order valence-electron chi connectivity index (χ1n) is 7.15. The van der Waals surface area contributed by atoms with Gasteiger partial charge in [-0.25, -0.2) is 0 Å². The fourth-order valence-electron chi connectivity index (χ4n) is 2.56. The van der Waals surface area contributed by atoms with Crippen molar-refractivity contribution in [3.05, 3.63) is 21.9 Å². The molecule has 20 heavy (non-hydrogen) atoms. The average Bonchev–Trinajstić information content (AvgIpc) is 2.95. The van der Waals surface area contributed by atoms with Crippen LogP contribution in [0.25, 0.3) is 0 Å². The van der Waals surface area contributed by atoms with Gasteiger partial charge in [-0.3, -0.25) is 9.59 Å². The minimum Gasteiger partial charge on any atom is -0.338 e. The summed E-state index contributed by atoms with van der Waals surface area (Å²) in [5.74, 6) is 0.822. The van der Waals surface area contributed by atoms with Gasteiger partial charge >= 0.3 is 0 Å². The van der Waals surface area contributed by atoms with Gasteiger partial charge in [0.1, 0.15) is 0 Å². The maximum atomic E-state index is 12.4. The van der Waals surface area contributed by atoms with Crippen molar-refractivity contribution in [1.29, 1.82) is 0 Å². The molecule has 1 amide bonds. The van der Waals surface area contributed by atoms with E-state index in [1.807, 2.05) is 11.9 Å². The first-order valence-corrected chi connectivity index (χ1v) is 8.03. The Balaban J connectivity index is 1.89. The number of carbonyl (C=O) groups excluding carboxylic acids is 2. The number of nitrogens with zero attached hydrogens (tertiary/aromatic N) is 1. The molecule has 2 heterocycles. The third kappa shape index (κ3) is 3.67. The topological polar surface area (TPSA) is 49.4 Å². The molecule has 110 valence electrons. The van der Waals surface area contributed by atoms with Crippen molar-refractivity contribution in [2.45, 2.75) is 26.2 Å². The second kappa shape index (κ2) is 6.99. The molecule has 1 aliphatic rings. The SMILES string of the molecule is CNCCC1CCN(C(=O)c2cc(C(C)=O)cs2)CC1. The monoisotopic (exact) mass is 294 g/mol. The number of Topliss-reactive ketones (excluding diaryl/α,β-unsaturated/α-hetero) is 1. The maximum absolute atomic E-state index is 12.4. The molecule has 1 fully saturated rings. The van der Waals surface area contributed by atoms with Crippen molar-refractivity contribution in [2.24, 2.45) is 5.92 Å². The lowest BCUT2D eigenvalue weighted by molar-refractivity contribution is 0.0692. The molecule has 4 nitrogen and oxygen atoms in total. The van der Waals surface area contributed by atoms with Gasteiger partial charge in [0.25, 0.3) is 5.91 Å². The van der Waals surface area contributed by atoms with Crippen LogP contribution in [0, 0.1) is 5.92 Å². The molecule has 1 N–H and O–H groups in total. The van der Waals surface area contributed by atoms with Gasteiger partial charge in [-0.15, -0.1) is 11.3 Å². The molecule has 0 atom stereocenters. The van der Waals surface area contributed by atoms with Gasteiger partial charge in [0.2, 0.25) is 0 Å². The molecule has 5 heteroatoms. The number of rotatable bonds is 5. The molecule has 0 saturated carbocycles. The standard InChI is InChI=1S/C15H22N2O2S/c1-11(18)13-9-14(20-10-13)15(19)17-7-4-12(5-8-17)3-6-16-2/h9-10,12,16H,3-8H2,1-2H3. The van der Waals surface area contributed by atoms with Crippen LogP contribution in [0.1, 0.15) is 46.2 Å². The van der Waals surface area contributed by atoms with E-state index in [-0.39, 0.29) is 11.7 Å². The number of ketones is 1. The van der Waals surface area contributed by atoms with Crippen molar-refractivity contribution in [1.82, 2.24) is 10.2 Å². The highest BCUT2D eigenvalue weighted by molar-refractivity contribution is 7.12. The summed E-state index contributed by atoms with van der Waals surface area (Å²) in [5, 5.41) is 4.95. The molecule has 0 spiro atoms. The van der Waals surface area contributed by atoms with E-state index >= 15 is 0 Å². The van der Waals surface area contributed by atoms with E-state index < -0.39 is 0 Å². The third-order valence-corrected chi connectivity index (χ3v) is 4.84. The molecular formula is C15H22N2O2S. The van der Waals surface area contributed by atoms with E-state index in [9.17, 15) is 9.59 Å². The van der Waals surface area contributed by atoms with E-state index in [4.69, 9.17) is 0 Å². The molecular weight excluding hydrogens is 272 g/mol. The summed E-state index contributed by atoms with van der Waals surface area (Å²) in [6, 6.07) is 1.72. The van der Waals surface area contributed by atoms with Crippen LogP contribution in [0.5, 0.6) is 0 Å². The Morgan fingerprint density at radius 2 is 2.10 bits per heavy atom. The van der Waals surface area contributed by atoms with E-state index in [1.54, 1.807) is 11.4 Å². The van der Waals surface area contributed by atoms with Crippen LogP contribution >= 0.6 is 11.3 Å². The highest BCUT2D eigenvalue weighted by Crippen LogP contribution is 2.23. The molecule has 0 radical (unpaired) electrons. The van der Waals surface area contributed by atoms with Crippen molar-refractivity contribution >= 4 is 23.0 Å². The highest BCUT2D eigenvalue weighted by atomic mass is 32.1. The average molecular weight is 294 g/mol. The van der Waals surface area contributed by atoms with E-state index in [0.29, 0.717) is 10.4 Å². The van der Waals surface area contributed by atoms with Gasteiger partial charge in [0, 0.05) is 24.0 Å². The molecule has 0 unspecified atom stereocenters. The fourth-order valence-corrected chi connectivity index (χ4v) is 3.47. The first kappa shape index (κ1) is 15.2. The minimum atomic E-state index is 0.0195. The summed E-state index contributed by atoms with van der Waals surface area (Å²) in [7, 11) is 1.97. The van der Waals surface area contributed by atoms with Crippen LogP contribution in [0.15, 0.2) is 11.4 Å². The van der Waals surface area contributed by atoms with Crippen molar-refractivity contribution in [3.63, 3.8) is 0 Å². The number of piperidine rings is 1. The van der Waals surface area contributed by atoms with Crippen molar-refractivity contribution in [3.8, 4) is 0 Å². The Hall–Kier alpha value is -1.20. The van der Waals surface area contributed by atoms with Crippen LogP contribution in [0.3, 0.4) is 0 Å². The lowest BCUT2D eigenvalue weighted by Gasteiger charge is -2.31. The predicted octanol–water partition coefficient (Wildman–Crippen LogP) is 2.41. The highest BCUT2D eigenvalue weighted by Gasteiger charge is 2.24. The van der Waals surface area contributed by atoms with Crippen LogP contribution in [-0.4, -0.2) is 43.3 Å². The summed E-state index contributed by atoms with van der Waals surface area (Å²) in [6.45, 7) is 4.25. The largest absolute Gasteiger partial charge is 0.338 e. The number of nitrogens with one attached hydrogen (secondary N) is 1. The fraction of sp³-hybridized carbons (Fsp3) is 0.600. The molecule has 1 aromatic rings. The van der Waals surface area contributed by atoms with E-state index in [0.717, 1.165) is 38.4 Å². The molecule has 1 aliphatic heterocycles. The second-order valence-electron chi connectivity index (χ2n) is 5.38. The lowest BCUT2D eigenvalue weighted by atomic mass is 9.93. The zero-order valence-electron chi connectivity index (χ0n) is 12.1. The smallest absolute Gasteiger partial charge is 0.263 e. The summed E-state index contributed by atoms with van der Waals surface area (Å²) < 4.78 is 0. The number of hydrogen-bond donors (Lipinski definition) is 1. The lowest BCUT2D eigenvalue weighted by Crippen LogP contribution is -2.38. The Kier molecular flexibility index (Phi) is 5.31. The Morgan fingerprint density at radius 1 is 1.40 bits per heavy atom. The molecule has 1 aromatic heterocycles. The number of hydrogen-bond acceptors (Lipinski definition) is 4. The zero-order chi connectivity index (χ0) is 14.5. The summed E-state index contributed by atoms with van der Waals surface area (Å²) >= 11 is 1.37. The maximum Gasteiger partial charge on any atom is 0.263 e. The van der Waals surface area contributed by atoms with Crippen molar-refractivity contribution < 1.29 is 9.59 Å². The van der Waals surface area contributed by atoms with Crippen LogP contribution < -0.4 is 5.32 Å². The van der Waals surface area contributed by atoms with Gasteiger partial charge in [-0.1, -0.05) is 0 Å².